The third kappa shape index (κ3) is 5.18. The molecule has 0 saturated heterocycles. The normalized spacial score (nSPS) is 13.2. The number of aliphatic hydroxyl groups is 1. The molecule has 2 rings (SSSR count). The number of ether oxygens (including phenoxy) is 2. The molecule has 1 aromatic carbocycles. The summed E-state index contributed by atoms with van der Waals surface area (Å²) in [6, 6.07) is 5.93. The quantitative estimate of drug-likeness (QED) is 0.537. The summed E-state index contributed by atoms with van der Waals surface area (Å²) in [5, 5.41) is 13.2. The Morgan fingerprint density at radius 3 is 2.54 bits per heavy atom. The van der Waals surface area contributed by atoms with Crippen LogP contribution in [0.5, 0.6) is 5.75 Å². The molecule has 1 N–H and O–H groups in total. The molecule has 0 bridgehead atoms. The maximum atomic E-state index is 14.6. The van der Waals surface area contributed by atoms with Gasteiger partial charge in [-0.3, -0.25) is 4.68 Å². The smallest absolute Gasteiger partial charge is 0.408 e. The monoisotopic (exact) mass is 408 g/mol. The fraction of sp³-hybridized carbons (Fsp3) is 0.412. The average molecular weight is 408 g/mol. The first-order chi connectivity index (χ1) is 13.1. The second-order valence-corrected chi connectivity index (χ2v) is 5.66. The molecule has 1 atom stereocenters. The number of rotatable bonds is 8. The molecule has 11 heteroatoms. The fourth-order valence-corrected chi connectivity index (χ4v) is 2.33. The summed E-state index contributed by atoms with van der Waals surface area (Å²) in [5.74, 6) is -5.96. The SMILES string of the molecule is CCOC(=O)C(O)C(F)(F)c1ccccc1OCc1ccnn1CC(F)(F)F. The Hall–Kier alpha value is -2.69. The predicted octanol–water partition coefficient (Wildman–Crippen LogP) is 3.04. The van der Waals surface area contributed by atoms with E-state index in [0.29, 0.717) is 4.68 Å². The van der Waals surface area contributed by atoms with Crippen molar-refractivity contribution in [2.45, 2.75) is 38.3 Å². The van der Waals surface area contributed by atoms with Gasteiger partial charge in [-0.1, -0.05) is 12.1 Å². The minimum Gasteiger partial charge on any atom is -0.487 e. The van der Waals surface area contributed by atoms with Crippen molar-refractivity contribution in [2.24, 2.45) is 0 Å². The van der Waals surface area contributed by atoms with E-state index < -0.39 is 48.6 Å². The van der Waals surface area contributed by atoms with E-state index in [1.807, 2.05) is 0 Å². The summed E-state index contributed by atoms with van der Waals surface area (Å²) in [6.07, 6.45) is -6.17. The minimum atomic E-state index is -4.52. The molecule has 154 valence electrons. The van der Waals surface area contributed by atoms with Gasteiger partial charge in [0.2, 0.25) is 6.10 Å². The van der Waals surface area contributed by atoms with E-state index in [1.165, 1.54) is 25.1 Å². The summed E-state index contributed by atoms with van der Waals surface area (Å²) in [5.41, 5.74) is -0.807. The van der Waals surface area contributed by atoms with Gasteiger partial charge >= 0.3 is 18.1 Å². The van der Waals surface area contributed by atoms with Crippen molar-refractivity contribution < 1.29 is 41.3 Å². The molecular formula is C17H17F5N2O4. The Bertz CT molecular complexity index is 807. The number of hydrogen-bond donors (Lipinski definition) is 1. The number of esters is 1. The molecular weight excluding hydrogens is 391 g/mol. The third-order valence-electron chi connectivity index (χ3n) is 3.61. The zero-order valence-electron chi connectivity index (χ0n) is 14.6. The first-order valence-corrected chi connectivity index (χ1v) is 8.08. The van der Waals surface area contributed by atoms with Gasteiger partial charge in [-0.05, 0) is 25.1 Å². The van der Waals surface area contributed by atoms with Gasteiger partial charge in [0.05, 0.1) is 17.9 Å². The number of carbonyl (C=O) groups excluding carboxylic acids is 1. The van der Waals surface area contributed by atoms with Gasteiger partial charge in [0.1, 0.15) is 18.9 Å². The topological polar surface area (TPSA) is 73.6 Å². The van der Waals surface area contributed by atoms with E-state index in [-0.39, 0.29) is 12.3 Å². The first-order valence-electron chi connectivity index (χ1n) is 8.08. The van der Waals surface area contributed by atoms with Gasteiger partial charge in [0.15, 0.2) is 0 Å². The largest absolute Gasteiger partial charge is 0.487 e. The number of aliphatic hydroxyl groups excluding tert-OH is 1. The summed E-state index contributed by atoms with van der Waals surface area (Å²) < 4.78 is 77.0. The highest BCUT2D eigenvalue weighted by atomic mass is 19.4. The maximum absolute atomic E-state index is 14.6. The number of hydrogen-bond acceptors (Lipinski definition) is 5. The van der Waals surface area contributed by atoms with Crippen LogP contribution in [0, 0.1) is 0 Å². The van der Waals surface area contributed by atoms with E-state index in [9.17, 15) is 31.9 Å². The highest BCUT2D eigenvalue weighted by Crippen LogP contribution is 2.38. The molecule has 0 aliphatic carbocycles. The van der Waals surface area contributed by atoms with Crippen LogP contribution in [0.25, 0.3) is 0 Å². The van der Waals surface area contributed by atoms with Crippen LogP contribution in [0.15, 0.2) is 36.5 Å². The Balaban J connectivity index is 2.21. The Morgan fingerprint density at radius 1 is 1.21 bits per heavy atom. The van der Waals surface area contributed by atoms with Gasteiger partial charge in [-0.2, -0.15) is 27.1 Å². The van der Waals surface area contributed by atoms with E-state index in [0.717, 1.165) is 18.3 Å². The fourth-order valence-electron chi connectivity index (χ4n) is 2.33. The molecule has 0 aliphatic rings. The molecule has 28 heavy (non-hydrogen) atoms. The summed E-state index contributed by atoms with van der Waals surface area (Å²) >= 11 is 0. The molecule has 0 spiro atoms. The van der Waals surface area contributed by atoms with Gasteiger partial charge in [0, 0.05) is 6.20 Å². The molecule has 2 aromatic rings. The molecule has 1 aromatic heterocycles. The van der Waals surface area contributed by atoms with Crippen molar-refractivity contribution in [1.29, 1.82) is 0 Å². The van der Waals surface area contributed by atoms with Crippen molar-refractivity contribution in [3.05, 3.63) is 47.8 Å². The van der Waals surface area contributed by atoms with Crippen molar-refractivity contribution in [2.75, 3.05) is 6.61 Å². The van der Waals surface area contributed by atoms with Crippen LogP contribution in [-0.4, -0.2) is 39.7 Å². The summed E-state index contributed by atoms with van der Waals surface area (Å²) in [4.78, 5) is 11.5. The van der Waals surface area contributed by atoms with E-state index in [1.54, 1.807) is 0 Å². The second kappa shape index (κ2) is 8.55. The third-order valence-corrected chi connectivity index (χ3v) is 3.61. The van der Waals surface area contributed by atoms with Gasteiger partial charge in [0.25, 0.3) is 0 Å². The van der Waals surface area contributed by atoms with Crippen LogP contribution >= 0.6 is 0 Å². The number of nitrogens with zero attached hydrogens (tertiary/aromatic N) is 2. The van der Waals surface area contributed by atoms with Crippen LogP contribution < -0.4 is 4.74 Å². The lowest BCUT2D eigenvalue weighted by atomic mass is 10.0. The van der Waals surface area contributed by atoms with E-state index in [2.05, 4.69) is 9.84 Å². The lowest BCUT2D eigenvalue weighted by molar-refractivity contribution is -0.179. The average Bonchev–Trinajstić information content (AvgIpc) is 3.04. The number of benzene rings is 1. The van der Waals surface area contributed by atoms with Crippen LogP contribution in [0.3, 0.4) is 0 Å². The van der Waals surface area contributed by atoms with Crippen LogP contribution in [0.2, 0.25) is 0 Å². The van der Waals surface area contributed by atoms with Crippen molar-refractivity contribution >= 4 is 5.97 Å². The number of halogens is 5. The minimum absolute atomic E-state index is 0.00128. The van der Waals surface area contributed by atoms with Crippen molar-refractivity contribution in [1.82, 2.24) is 9.78 Å². The Morgan fingerprint density at radius 2 is 1.89 bits per heavy atom. The molecule has 0 saturated carbocycles. The van der Waals surface area contributed by atoms with E-state index >= 15 is 0 Å². The van der Waals surface area contributed by atoms with Crippen LogP contribution in [0.4, 0.5) is 22.0 Å². The molecule has 0 fully saturated rings. The number of alkyl halides is 5. The number of aromatic nitrogens is 2. The Kier molecular flexibility index (Phi) is 6.60. The van der Waals surface area contributed by atoms with Crippen molar-refractivity contribution in [3.8, 4) is 5.75 Å². The predicted molar refractivity (Wildman–Crippen MR) is 85.6 cm³/mol. The van der Waals surface area contributed by atoms with Crippen LogP contribution in [0.1, 0.15) is 18.2 Å². The van der Waals surface area contributed by atoms with Crippen molar-refractivity contribution in [3.63, 3.8) is 0 Å². The zero-order chi connectivity index (χ0) is 20.9. The second-order valence-electron chi connectivity index (χ2n) is 5.66. The maximum Gasteiger partial charge on any atom is 0.408 e. The first kappa shape index (κ1) is 21.6. The molecule has 0 aliphatic heterocycles. The zero-order valence-corrected chi connectivity index (χ0v) is 14.6. The van der Waals surface area contributed by atoms with Gasteiger partial charge in [-0.25, -0.2) is 4.79 Å². The number of para-hydroxylation sites is 1. The van der Waals surface area contributed by atoms with Crippen LogP contribution in [-0.2, 0) is 28.6 Å². The Labute approximate surface area is 156 Å². The highest BCUT2D eigenvalue weighted by Gasteiger charge is 2.47. The highest BCUT2D eigenvalue weighted by molar-refractivity contribution is 5.76. The molecule has 0 amide bonds. The summed E-state index contributed by atoms with van der Waals surface area (Å²) in [7, 11) is 0. The summed E-state index contributed by atoms with van der Waals surface area (Å²) in [6.45, 7) is -0.659. The lowest BCUT2D eigenvalue weighted by Gasteiger charge is -2.23. The van der Waals surface area contributed by atoms with Gasteiger partial charge < -0.3 is 14.6 Å². The van der Waals surface area contributed by atoms with Gasteiger partial charge in [-0.15, -0.1) is 0 Å². The molecule has 1 unspecified atom stereocenters. The standard InChI is InChI=1S/C17H17F5N2O4/c1-2-27-15(26)14(25)17(21,22)12-5-3-4-6-13(12)28-9-11-7-8-23-24(11)10-16(18,19)20/h3-8,14,25H,2,9-10H2,1H3. The number of carbonyl (C=O) groups is 1. The molecule has 6 nitrogen and oxygen atoms in total. The molecule has 1 heterocycles. The molecule has 0 radical (unpaired) electrons. The van der Waals surface area contributed by atoms with E-state index in [4.69, 9.17) is 4.74 Å². The lowest BCUT2D eigenvalue weighted by Crippen LogP contribution is -2.39.